The summed E-state index contributed by atoms with van der Waals surface area (Å²) < 4.78 is 18.5. The van der Waals surface area contributed by atoms with Gasteiger partial charge in [-0.05, 0) is 84.8 Å². The summed E-state index contributed by atoms with van der Waals surface area (Å²) in [5.41, 5.74) is 4.50. The minimum absolute atomic E-state index is 0.177. The number of nitrogens with zero attached hydrogens (tertiary/aromatic N) is 2. The number of aryl methyl sites for hydroxylation is 1. The van der Waals surface area contributed by atoms with E-state index in [-0.39, 0.29) is 30.2 Å². The second-order valence-electron chi connectivity index (χ2n) is 10.5. The molecular formula is C34H34FN5O4. The first-order valence-corrected chi connectivity index (χ1v) is 14.3. The van der Waals surface area contributed by atoms with Gasteiger partial charge in [0.05, 0.1) is 12.7 Å². The van der Waals surface area contributed by atoms with Gasteiger partial charge in [0.2, 0.25) is 0 Å². The molecule has 0 atom stereocenters. The number of ether oxygens (including phenoxy) is 1. The number of anilines is 3. The molecule has 1 fully saturated rings. The van der Waals surface area contributed by atoms with E-state index in [0.717, 1.165) is 16.8 Å². The zero-order chi connectivity index (χ0) is 31.1. The number of carbonyl (C=O) groups excluding carboxylic acids is 3. The molecule has 226 valence electrons. The molecule has 0 aliphatic carbocycles. The molecule has 9 nitrogen and oxygen atoms in total. The number of hydrogen-bond acceptors (Lipinski definition) is 5. The Morgan fingerprint density at radius 3 is 2.18 bits per heavy atom. The van der Waals surface area contributed by atoms with Crippen LogP contribution in [0, 0.1) is 12.7 Å². The predicted molar refractivity (Wildman–Crippen MR) is 169 cm³/mol. The third-order valence-electron chi connectivity index (χ3n) is 7.39. The lowest BCUT2D eigenvalue weighted by Crippen LogP contribution is -2.50. The Balaban J connectivity index is 1.31. The van der Waals surface area contributed by atoms with Gasteiger partial charge >= 0.3 is 6.03 Å². The van der Waals surface area contributed by atoms with E-state index in [0.29, 0.717) is 54.4 Å². The summed E-state index contributed by atoms with van der Waals surface area (Å²) in [6, 6.07) is 25.3. The van der Waals surface area contributed by atoms with Crippen LogP contribution in [0.15, 0.2) is 91.0 Å². The van der Waals surface area contributed by atoms with Crippen LogP contribution in [0.25, 0.3) is 0 Å². The third kappa shape index (κ3) is 7.52. The van der Waals surface area contributed by atoms with Crippen molar-refractivity contribution in [3.8, 4) is 5.75 Å². The van der Waals surface area contributed by atoms with Gasteiger partial charge in [0.25, 0.3) is 11.8 Å². The fourth-order valence-electron chi connectivity index (χ4n) is 4.97. The highest BCUT2D eigenvalue weighted by atomic mass is 19.1. The Kier molecular flexibility index (Phi) is 9.39. The zero-order valence-corrected chi connectivity index (χ0v) is 24.6. The summed E-state index contributed by atoms with van der Waals surface area (Å²) in [6.45, 7) is 4.12. The molecule has 0 aromatic heterocycles. The van der Waals surface area contributed by atoms with E-state index in [1.54, 1.807) is 66.6 Å². The van der Waals surface area contributed by atoms with Crippen LogP contribution in [0.3, 0.4) is 0 Å². The number of nitrogens with one attached hydrogen (secondary N) is 3. The first-order valence-electron chi connectivity index (χ1n) is 14.3. The van der Waals surface area contributed by atoms with E-state index in [9.17, 15) is 18.8 Å². The van der Waals surface area contributed by atoms with Gasteiger partial charge < -0.3 is 30.5 Å². The van der Waals surface area contributed by atoms with Crippen LogP contribution in [0.5, 0.6) is 5.75 Å². The molecule has 0 saturated carbocycles. The molecule has 4 aromatic carbocycles. The first kappa shape index (κ1) is 30.1. The molecule has 0 radical (unpaired) electrons. The average Bonchev–Trinajstić information content (AvgIpc) is 3.04. The predicted octanol–water partition coefficient (Wildman–Crippen LogP) is 5.68. The van der Waals surface area contributed by atoms with Gasteiger partial charge in [0, 0.05) is 55.3 Å². The fourth-order valence-corrected chi connectivity index (χ4v) is 4.97. The highest BCUT2D eigenvalue weighted by Crippen LogP contribution is 2.27. The second-order valence-corrected chi connectivity index (χ2v) is 10.5. The number of amides is 4. The van der Waals surface area contributed by atoms with Crippen LogP contribution in [0.2, 0.25) is 0 Å². The average molecular weight is 596 g/mol. The smallest absolute Gasteiger partial charge is 0.321 e. The Morgan fingerprint density at radius 2 is 1.50 bits per heavy atom. The van der Waals surface area contributed by atoms with Crippen LogP contribution in [-0.2, 0) is 6.54 Å². The Morgan fingerprint density at radius 1 is 0.795 bits per heavy atom. The van der Waals surface area contributed by atoms with Crippen molar-refractivity contribution in [1.82, 2.24) is 10.2 Å². The van der Waals surface area contributed by atoms with Crippen molar-refractivity contribution < 1.29 is 23.5 Å². The summed E-state index contributed by atoms with van der Waals surface area (Å²) in [5.74, 6) is -0.385. The second kappa shape index (κ2) is 13.7. The summed E-state index contributed by atoms with van der Waals surface area (Å²) >= 11 is 0. The number of rotatable bonds is 8. The summed E-state index contributed by atoms with van der Waals surface area (Å²) in [7, 11) is 1.55. The maximum atomic E-state index is 13.5. The maximum Gasteiger partial charge on any atom is 0.321 e. The topological polar surface area (TPSA) is 103 Å². The molecule has 4 aromatic rings. The van der Waals surface area contributed by atoms with Crippen molar-refractivity contribution in [2.24, 2.45) is 0 Å². The van der Waals surface area contributed by atoms with Gasteiger partial charge in [0.1, 0.15) is 11.6 Å². The van der Waals surface area contributed by atoms with E-state index in [2.05, 4.69) is 20.9 Å². The van der Waals surface area contributed by atoms with E-state index in [4.69, 9.17) is 4.74 Å². The van der Waals surface area contributed by atoms with E-state index >= 15 is 0 Å². The molecule has 4 amide bonds. The van der Waals surface area contributed by atoms with E-state index in [1.165, 1.54) is 12.1 Å². The highest BCUT2D eigenvalue weighted by molar-refractivity contribution is 6.06. The maximum absolute atomic E-state index is 13.5. The SMILES string of the molecule is COc1ccc(C(=O)Nc2ccc(N3CCN(C(=O)Nc4cccc(C)c4)CC3)c(C(=O)NCc3ccc(F)cc3)c2)cc1. The fraction of sp³-hybridized carbons (Fsp3) is 0.206. The summed E-state index contributed by atoms with van der Waals surface area (Å²) in [4.78, 5) is 43.1. The molecular weight excluding hydrogens is 561 g/mol. The summed E-state index contributed by atoms with van der Waals surface area (Å²) in [5, 5.41) is 8.73. The van der Waals surface area contributed by atoms with Crippen molar-refractivity contribution in [2.45, 2.75) is 13.5 Å². The lowest BCUT2D eigenvalue weighted by molar-refractivity contribution is 0.0949. The van der Waals surface area contributed by atoms with Crippen LogP contribution in [0.1, 0.15) is 31.8 Å². The number of benzene rings is 4. The quantitative estimate of drug-likeness (QED) is 0.243. The minimum Gasteiger partial charge on any atom is -0.497 e. The normalized spacial score (nSPS) is 12.8. The van der Waals surface area contributed by atoms with Crippen molar-refractivity contribution in [3.63, 3.8) is 0 Å². The largest absolute Gasteiger partial charge is 0.497 e. The molecule has 3 N–H and O–H groups in total. The monoisotopic (exact) mass is 595 g/mol. The van der Waals surface area contributed by atoms with Gasteiger partial charge in [0.15, 0.2) is 0 Å². The first-order chi connectivity index (χ1) is 21.3. The lowest BCUT2D eigenvalue weighted by atomic mass is 10.1. The van der Waals surface area contributed by atoms with E-state index < -0.39 is 0 Å². The molecule has 0 unspecified atom stereocenters. The molecule has 1 heterocycles. The van der Waals surface area contributed by atoms with Gasteiger partial charge in [-0.25, -0.2) is 9.18 Å². The number of halogens is 1. The van der Waals surface area contributed by atoms with Crippen molar-refractivity contribution >= 4 is 34.9 Å². The molecule has 1 saturated heterocycles. The van der Waals surface area contributed by atoms with Crippen molar-refractivity contribution in [3.05, 3.63) is 119 Å². The molecule has 0 spiro atoms. The van der Waals surface area contributed by atoms with Crippen LogP contribution in [0.4, 0.5) is 26.2 Å². The van der Waals surface area contributed by atoms with Crippen LogP contribution < -0.4 is 25.6 Å². The molecule has 5 rings (SSSR count). The highest BCUT2D eigenvalue weighted by Gasteiger charge is 2.25. The van der Waals surface area contributed by atoms with E-state index in [1.807, 2.05) is 31.2 Å². The van der Waals surface area contributed by atoms with Crippen LogP contribution >= 0.6 is 0 Å². The number of carbonyl (C=O) groups is 3. The number of methoxy groups -OCH3 is 1. The molecule has 1 aliphatic rings. The Hall–Kier alpha value is -5.38. The Bertz CT molecular complexity index is 1630. The Labute approximate surface area is 255 Å². The van der Waals surface area contributed by atoms with Gasteiger partial charge in [-0.15, -0.1) is 0 Å². The van der Waals surface area contributed by atoms with Crippen LogP contribution in [-0.4, -0.2) is 56.0 Å². The number of piperazine rings is 1. The van der Waals surface area contributed by atoms with Crippen molar-refractivity contribution in [1.29, 1.82) is 0 Å². The standard InChI is InChI=1S/C34H34FN5O4/c1-23-4-3-5-27(20-23)38-34(43)40-18-16-39(17-19-40)31-15-12-28(37-32(41)25-8-13-29(44-2)14-9-25)21-30(31)33(42)36-22-24-6-10-26(35)11-7-24/h3-15,20-21H,16-19,22H2,1-2H3,(H,36,42)(H,37,41)(H,38,43). The molecule has 1 aliphatic heterocycles. The van der Waals surface area contributed by atoms with Gasteiger partial charge in [-0.2, -0.15) is 0 Å². The number of hydrogen-bond donors (Lipinski definition) is 3. The third-order valence-corrected chi connectivity index (χ3v) is 7.39. The van der Waals surface area contributed by atoms with Crippen molar-refractivity contribution in [2.75, 3.05) is 48.8 Å². The molecule has 44 heavy (non-hydrogen) atoms. The lowest BCUT2D eigenvalue weighted by Gasteiger charge is -2.37. The minimum atomic E-state index is -0.352. The van der Waals surface area contributed by atoms with Gasteiger partial charge in [-0.3, -0.25) is 9.59 Å². The molecule has 0 bridgehead atoms. The zero-order valence-electron chi connectivity index (χ0n) is 24.6. The summed E-state index contributed by atoms with van der Waals surface area (Å²) in [6.07, 6.45) is 0. The van der Waals surface area contributed by atoms with Gasteiger partial charge in [-0.1, -0.05) is 24.3 Å². The molecule has 10 heteroatoms. The number of urea groups is 1.